The minimum Gasteiger partial charge on any atom is -0.384 e. The van der Waals surface area contributed by atoms with Gasteiger partial charge >= 0.3 is 0 Å². The van der Waals surface area contributed by atoms with E-state index in [4.69, 9.17) is 10.5 Å². The number of nitrogens with zero attached hydrogens (tertiary/aromatic N) is 1. The Morgan fingerprint density at radius 1 is 1.38 bits per heavy atom. The number of amidine groups is 1. The van der Waals surface area contributed by atoms with E-state index in [1.807, 2.05) is 30.3 Å². The van der Waals surface area contributed by atoms with Crippen LogP contribution >= 0.6 is 0 Å². The van der Waals surface area contributed by atoms with Crippen LogP contribution in [0, 0.1) is 5.92 Å². The summed E-state index contributed by atoms with van der Waals surface area (Å²) in [6.07, 6.45) is 2.34. The first kappa shape index (κ1) is 11.1. The van der Waals surface area contributed by atoms with Gasteiger partial charge < -0.3 is 10.5 Å². The van der Waals surface area contributed by atoms with Crippen molar-refractivity contribution < 1.29 is 4.74 Å². The third-order valence-electron chi connectivity index (χ3n) is 2.84. The second-order valence-corrected chi connectivity index (χ2v) is 4.18. The fraction of sp³-hybridized carbons (Fsp3) is 0.462. The first-order valence-corrected chi connectivity index (χ1v) is 5.79. The smallest absolute Gasteiger partial charge is 0.125 e. The average Bonchev–Trinajstić information content (AvgIpc) is 2.38. The number of benzene rings is 1. The van der Waals surface area contributed by atoms with E-state index in [1.54, 1.807) is 0 Å². The second-order valence-electron chi connectivity index (χ2n) is 4.18. The Bertz CT molecular complexity index is 342. The standard InChI is InChI=1S/C13H18N2O/c14-13(12-6-2-1-3-7-12)15-9-11-5-4-8-16-10-11/h1-3,6-7,11H,4-5,8-10H2,(H2,14,15). The molecule has 1 saturated heterocycles. The van der Waals surface area contributed by atoms with E-state index in [1.165, 1.54) is 6.42 Å². The van der Waals surface area contributed by atoms with Gasteiger partial charge in [0.25, 0.3) is 0 Å². The van der Waals surface area contributed by atoms with Gasteiger partial charge in [-0.05, 0) is 12.8 Å². The molecule has 2 N–H and O–H groups in total. The molecule has 0 aromatic heterocycles. The molecule has 1 fully saturated rings. The Morgan fingerprint density at radius 3 is 2.88 bits per heavy atom. The lowest BCUT2D eigenvalue weighted by Gasteiger charge is -2.20. The summed E-state index contributed by atoms with van der Waals surface area (Å²) in [4.78, 5) is 4.43. The zero-order chi connectivity index (χ0) is 11.2. The molecule has 86 valence electrons. The van der Waals surface area contributed by atoms with Crippen molar-refractivity contribution in [3.63, 3.8) is 0 Å². The van der Waals surface area contributed by atoms with E-state index in [0.717, 1.165) is 31.7 Å². The van der Waals surface area contributed by atoms with Crippen molar-refractivity contribution in [3.8, 4) is 0 Å². The number of aliphatic imine (C=N–C) groups is 1. The van der Waals surface area contributed by atoms with Gasteiger partial charge in [-0.3, -0.25) is 4.99 Å². The van der Waals surface area contributed by atoms with Gasteiger partial charge in [-0.1, -0.05) is 30.3 Å². The lowest BCUT2D eigenvalue weighted by molar-refractivity contribution is 0.0582. The van der Waals surface area contributed by atoms with Crippen molar-refractivity contribution in [1.29, 1.82) is 0 Å². The second kappa shape index (κ2) is 5.66. The van der Waals surface area contributed by atoms with Gasteiger partial charge in [-0.15, -0.1) is 0 Å². The maximum absolute atomic E-state index is 5.92. The van der Waals surface area contributed by atoms with Gasteiger partial charge in [-0.2, -0.15) is 0 Å². The Hall–Kier alpha value is -1.35. The lowest BCUT2D eigenvalue weighted by atomic mass is 10.0. The van der Waals surface area contributed by atoms with Crippen LogP contribution in [0.25, 0.3) is 0 Å². The number of rotatable bonds is 3. The van der Waals surface area contributed by atoms with Gasteiger partial charge in [0.05, 0.1) is 6.61 Å². The predicted molar refractivity (Wildman–Crippen MR) is 65.6 cm³/mol. The van der Waals surface area contributed by atoms with Crippen LogP contribution in [-0.2, 0) is 4.74 Å². The topological polar surface area (TPSA) is 47.6 Å². The Labute approximate surface area is 96.3 Å². The highest BCUT2D eigenvalue weighted by Crippen LogP contribution is 2.13. The van der Waals surface area contributed by atoms with Crippen LogP contribution in [0.15, 0.2) is 35.3 Å². The van der Waals surface area contributed by atoms with Crippen LogP contribution in [0.1, 0.15) is 18.4 Å². The van der Waals surface area contributed by atoms with Crippen molar-refractivity contribution in [2.75, 3.05) is 19.8 Å². The molecule has 1 aliphatic rings. The van der Waals surface area contributed by atoms with Crippen LogP contribution < -0.4 is 5.73 Å². The molecule has 3 heteroatoms. The van der Waals surface area contributed by atoms with Gasteiger partial charge in [0.1, 0.15) is 5.84 Å². The normalized spacial score (nSPS) is 22.0. The summed E-state index contributed by atoms with van der Waals surface area (Å²) in [5, 5.41) is 0. The summed E-state index contributed by atoms with van der Waals surface area (Å²) in [5.74, 6) is 1.17. The van der Waals surface area contributed by atoms with Gasteiger partial charge in [-0.25, -0.2) is 0 Å². The fourth-order valence-corrected chi connectivity index (χ4v) is 1.88. The summed E-state index contributed by atoms with van der Waals surface area (Å²) in [7, 11) is 0. The molecule has 0 radical (unpaired) electrons. The minimum absolute atomic E-state index is 0.538. The maximum atomic E-state index is 5.92. The fourth-order valence-electron chi connectivity index (χ4n) is 1.88. The van der Waals surface area contributed by atoms with Crippen molar-refractivity contribution >= 4 is 5.84 Å². The van der Waals surface area contributed by atoms with E-state index in [-0.39, 0.29) is 0 Å². The molecule has 0 aliphatic carbocycles. The molecular weight excluding hydrogens is 200 g/mol. The van der Waals surface area contributed by atoms with Crippen molar-refractivity contribution in [2.24, 2.45) is 16.6 Å². The molecule has 1 aliphatic heterocycles. The largest absolute Gasteiger partial charge is 0.384 e. The van der Waals surface area contributed by atoms with Gasteiger partial charge in [0, 0.05) is 24.6 Å². The number of hydrogen-bond acceptors (Lipinski definition) is 2. The average molecular weight is 218 g/mol. The quantitative estimate of drug-likeness (QED) is 0.621. The van der Waals surface area contributed by atoms with Crippen LogP contribution in [0.4, 0.5) is 0 Å². The molecule has 1 aromatic carbocycles. The van der Waals surface area contributed by atoms with Gasteiger partial charge in [0.15, 0.2) is 0 Å². The predicted octanol–water partition coefficient (Wildman–Crippen LogP) is 1.82. The maximum Gasteiger partial charge on any atom is 0.125 e. The molecule has 16 heavy (non-hydrogen) atoms. The van der Waals surface area contributed by atoms with Crippen LogP contribution in [-0.4, -0.2) is 25.6 Å². The van der Waals surface area contributed by atoms with E-state index in [0.29, 0.717) is 11.8 Å². The number of nitrogens with two attached hydrogens (primary N) is 1. The molecule has 0 amide bonds. The molecule has 0 bridgehead atoms. The zero-order valence-corrected chi connectivity index (χ0v) is 9.43. The molecule has 1 heterocycles. The SMILES string of the molecule is NC(=NCC1CCCOC1)c1ccccc1. The molecule has 0 saturated carbocycles. The number of ether oxygens (including phenoxy) is 1. The van der Waals surface area contributed by atoms with Crippen molar-refractivity contribution in [3.05, 3.63) is 35.9 Å². The third kappa shape index (κ3) is 3.07. The van der Waals surface area contributed by atoms with E-state index in [2.05, 4.69) is 4.99 Å². The Morgan fingerprint density at radius 2 is 2.19 bits per heavy atom. The third-order valence-corrected chi connectivity index (χ3v) is 2.84. The van der Waals surface area contributed by atoms with Crippen molar-refractivity contribution in [2.45, 2.75) is 12.8 Å². The minimum atomic E-state index is 0.538. The number of hydrogen-bond donors (Lipinski definition) is 1. The van der Waals surface area contributed by atoms with E-state index in [9.17, 15) is 0 Å². The Kier molecular flexibility index (Phi) is 3.94. The molecule has 1 unspecified atom stereocenters. The molecule has 1 atom stereocenters. The van der Waals surface area contributed by atoms with Gasteiger partial charge in [0.2, 0.25) is 0 Å². The molecular formula is C13H18N2O. The Balaban J connectivity index is 1.91. The summed E-state index contributed by atoms with van der Waals surface area (Å²) in [6, 6.07) is 9.89. The first-order chi connectivity index (χ1) is 7.86. The summed E-state index contributed by atoms with van der Waals surface area (Å²) in [6.45, 7) is 2.50. The highest BCUT2D eigenvalue weighted by atomic mass is 16.5. The summed E-state index contributed by atoms with van der Waals surface area (Å²) < 4.78 is 5.41. The van der Waals surface area contributed by atoms with E-state index < -0.39 is 0 Å². The lowest BCUT2D eigenvalue weighted by Crippen LogP contribution is -2.22. The summed E-state index contributed by atoms with van der Waals surface area (Å²) in [5.41, 5.74) is 6.92. The first-order valence-electron chi connectivity index (χ1n) is 5.79. The highest BCUT2D eigenvalue weighted by molar-refractivity contribution is 5.97. The van der Waals surface area contributed by atoms with Crippen LogP contribution in [0.2, 0.25) is 0 Å². The van der Waals surface area contributed by atoms with E-state index >= 15 is 0 Å². The van der Waals surface area contributed by atoms with Crippen LogP contribution in [0.3, 0.4) is 0 Å². The molecule has 3 nitrogen and oxygen atoms in total. The van der Waals surface area contributed by atoms with Crippen LogP contribution in [0.5, 0.6) is 0 Å². The molecule has 0 spiro atoms. The van der Waals surface area contributed by atoms with Crippen molar-refractivity contribution in [1.82, 2.24) is 0 Å². The monoisotopic (exact) mass is 218 g/mol. The molecule has 1 aromatic rings. The summed E-state index contributed by atoms with van der Waals surface area (Å²) >= 11 is 0. The molecule has 2 rings (SSSR count). The zero-order valence-electron chi connectivity index (χ0n) is 9.43. The highest BCUT2D eigenvalue weighted by Gasteiger charge is 2.13.